The highest BCUT2D eigenvalue weighted by Gasteiger charge is 2.17. The maximum Gasteiger partial charge on any atom is 0.262 e. The molecule has 1 aromatic heterocycles. The second-order valence-electron chi connectivity index (χ2n) is 7.42. The molecule has 1 aliphatic rings. The maximum atomic E-state index is 13.0. The summed E-state index contributed by atoms with van der Waals surface area (Å²) in [7, 11) is 0. The van der Waals surface area contributed by atoms with Crippen molar-refractivity contribution >= 4 is 40.2 Å². The first-order valence-corrected chi connectivity index (χ1v) is 11.0. The van der Waals surface area contributed by atoms with Crippen molar-refractivity contribution in [2.75, 3.05) is 18.9 Å². The molecular formula is C20H26ClN3O3S. The number of carbonyl (C=O) groups excluding carboxylic acids is 1. The zero-order chi connectivity index (χ0) is 20.1. The van der Waals surface area contributed by atoms with Crippen molar-refractivity contribution in [3.63, 3.8) is 0 Å². The Labute approximate surface area is 174 Å². The van der Waals surface area contributed by atoms with Crippen LogP contribution in [0.15, 0.2) is 28.2 Å². The van der Waals surface area contributed by atoms with Crippen LogP contribution in [0.25, 0.3) is 10.9 Å². The molecule has 1 amide bonds. The summed E-state index contributed by atoms with van der Waals surface area (Å²) in [5.41, 5.74) is 0.463. The molecule has 1 N–H and O–H groups in total. The fraction of sp³-hybridized carbons (Fsp3) is 0.550. The van der Waals surface area contributed by atoms with Gasteiger partial charge in [-0.3, -0.25) is 14.2 Å². The second-order valence-corrected chi connectivity index (χ2v) is 8.80. The lowest BCUT2D eigenvalue weighted by Crippen LogP contribution is -2.33. The maximum absolute atomic E-state index is 13.0. The van der Waals surface area contributed by atoms with Crippen LogP contribution in [0.5, 0.6) is 0 Å². The van der Waals surface area contributed by atoms with Gasteiger partial charge in [0.1, 0.15) is 0 Å². The summed E-state index contributed by atoms with van der Waals surface area (Å²) >= 11 is 7.35. The van der Waals surface area contributed by atoms with Crippen LogP contribution in [0.4, 0.5) is 0 Å². The fourth-order valence-corrected chi connectivity index (χ4v) is 4.10. The molecule has 28 heavy (non-hydrogen) atoms. The van der Waals surface area contributed by atoms with Crippen LogP contribution in [-0.4, -0.2) is 40.5 Å². The number of halogens is 1. The molecule has 1 fully saturated rings. The topological polar surface area (TPSA) is 73.2 Å². The average Bonchev–Trinajstić information content (AvgIpc) is 3.17. The first-order valence-electron chi connectivity index (χ1n) is 9.65. The summed E-state index contributed by atoms with van der Waals surface area (Å²) in [4.78, 5) is 29.8. The molecule has 1 saturated heterocycles. The Kier molecular flexibility index (Phi) is 7.37. The minimum Gasteiger partial charge on any atom is -0.376 e. The number of thioether (sulfide) groups is 1. The largest absolute Gasteiger partial charge is 0.376 e. The summed E-state index contributed by atoms with van der Waals surface area (Å²) < 4.78 is 7.20. The monoisotopic (exact) mass is 423 g/mol. The van der Waals surface area contributed by atoms with Crippen LogP contribution in [0.3, 0.4) is 0 Å². The quantitative estimate of drug-likeness (QED) is 0.519. The van der Waals surface area contributed by atoms with Crippen LogP contribution in [-0.2, 0) is 16.1 Å². The lowest BCUT2D eigenvalue weighted by Gasteiger charge is -2.15. The molecule has 2 aromatic rings. The van der Waals surface area contributed by atoms with Crippen LogP contribution in [0.1, 0.15) is 33.1 Å². The molecule has 0 unspecified atom stereocenters. The Morgan fingerprint density at radius 3 is 3.00 bits per heavy atom. The molecule has 6 nitrogen and oxygen atoms in total. The molecule has 0 aliphatic carbocycles. The van der Waals surface area contributed by atoms with Crippen LogP contribution < -0.4 is 10.9 Å². The van der Waals surface area contributed by atoms with E-state index >= 15 is 0 Å². The zero-order valence-corrected chi connectivity index (χ0v) is 17.8. The highest BCUT2D eigenvalue weighted by molar-refractivity contribution is 7.99. The molecule has 3 rings (SSSR count). The third-order valence-electron chi connectivity index (χ3n) is 4.70. The van der Waals surface area contributed by atoms with Crippen LogP contribution in [0.2, 0.25) is 5.02 Å². The standard InChI is InChI=1S/C20H26ClN3O3S/c1-13(2)7-8-24-19(26)16-6-5-14(21)10-17(16)23-20(24)28-12-18(25)22-11-15-4-3-9-27-15/h5-6,10,13,15H,3-4,7-9,11-12H2,1-2H3,(H,22,25)/t15-/m0/s1. The number of benzene rings is 1. The number of ether oxygens (including phenoxy) is 1. The SMILES string of the molecule is CC(C)CCn1c(SCC(=O)NC[C@@H]2CCCO2)nc2cc(Cl)ccc2c1=O. The molecule has 0 radical (unpaired) electrons. The molecule has 0 bridgehead atoms. The Morgan fingerprint density at radius 2 is 2.29 bits per heavy atom. The van der Waals surface area contributed by atoms with Gasteiger partial charge in [-0.2, -0.15) is 0 Å². The highest BCUT2D eigenvalue weighted by Crippen LogP contribution is 2.21. The molecule has 0 spiro atoms. The lowest BCUT2D eigenvalue weighted by atomic mass is 10.1. The minimum absolute atomic E-state index is 0.0867. The summed E-state index contributed by atoms with van der Waals surface area (Å²) in [6.07, 6.45) is 2.99. The van der Waals surface area contributed by atoms with Gasteiger partial charge in [-0.05, 0) is 43.4 Å². The van der Waals surface area contributed by atoms with E-state index in [0.717, 1.165) is 25.9 Å². The normalized spacial score (nSPS) is 16.8. The molecule has 2 heterocycles. The minimum atomic E-state index is -0.0930. The van der Waals surface area contributed by atoms with Gasteiger partial charge in [-0.15, -0.1) is 0 Å². The number of rotatable bonds is 8. The van der Waals surface area contributed by atoms with Crippen molar-refractivity contribution in [3.05, 3.63) is 33.6 Å². The predicted molar refractivity (Wildman–Crippen MR) is 113 cm³/mol. The van der Waals surface area contributed by atoms with Gasteiger partial charge >= 0.3 is 0 Å². The van der Waals surface area contributed by atoms with Gasteiger partial charge in [0.15, 0.2) is 5.16 Å². The Morgan fingerprint density at radius 1 is 1.46 bits per heavy atom. The molecule has 1 atom stereocenters. The molecule has 1 aliphatic heterocycles. The second kappa shape index (κ2) is 9.76. The van der Waals surface area contributed by atoms with E-state index in [-0.39, 0.29) is 23.3 Å². The predicted octanol–water partition coefficient (Wildman–Crippen LogP) is 3.48. The number of carbonyl (C=O) groups is 1. The van der Waals surface area contributed by atoms with Crippen molar-refractivity contribution in [1.82, 2.24) is 14.9 Å². The number of hydrogen-bond acceptors (Lipinski definition) is 5. The fourth-order valence-electron chi connectivity index (χ4n) is 3.08. The molecule has 1 aromatic carbocycles. The van der Waals surface area contributed by atoms with E-state index in [9.17, 15) is 9.59 Å². The number of aromatic nitrogens is 2. The van der Waals surface area contributed by atoms with Crippen molar-refractivity contribution < 1.29 is 9.53 Å². The van der Waals surface area contributed by atoms with Gasteiger partial charge in [0, 0.05) is 24.7 Å². The highest BCUT2D eigenvalue weighted by atomic mass is 35.5. The lowest BCUT2D eigenvalue weighted by molar-refractivity contribution is -0.119. The third-order valence-corrected chi connectivity index (χ3v) is 5.91. The van der Waals surface area contributed by atoms with E-state index in [2.05, 4.69) is 24.1 Å². The van der Waals surface area contributed by atoms with Gasteiger partial charge in [-0.1, -0.05) is 37.2 Å². The van der Waals surface area contributed by atoms with E-state index in [1.165, 1.54) is 11.8 Å². The smallest absolute Gasteiger partial charge is 0.262 e. The van der Waals surface area contributed by atoms with Gasteiger partial charge in [0.25, 0.3) is 5.56 Å². The van der Waals surface area contributed by atoms with Crippen LogP contribution in [0, 0.1) is 5.92 Å². The first-order chi connectivity index (χ1) is 13.4. The molecular weight excluding hydrogens is 398 g/mol. The molecule has 8 heteroatoms. The van der Waals surface area contributed by atoms with E-state index in [4.69, 9.17) is 16.3 Å². The summed E-state index contributed by atoms with van der Waals surface area (Å²) in [5.74, 6) is 0.573. The number of nitrogens with zero attached hydrogens (tertiary/aromatic N) is 2. The van der Waals surface area contributed by atoms with E-state index in [1.54, 1.807) is 22.8 Å². The molecule has 0 saturated carbocycles. The van der Waals surface area contributed by atoms with Crippen molar-refractivity contribution in [1.29, 1.82) is 0 Å². The zero-order valence-electron chi connectivity index (χ0n) is 16.2. The van der Waals surface area contributed by atoms with Crippen LogP contribution >= 0.6 is 23.4 Å². The Balaban J connectivity index is 1.75. The Hall–Kier alpha value is -1.57. The summed E-state index contributed by atoms with van der Waals surface area (Å²) in [6.45, 7) is 6.10. The van der Waals surface area contributed by atoms with Gasteiger partial charge in [-0.25, -0.2) is 4.98 Å². The third kappa shape index (κ3) is 5.49. The first kappa shape index (κ1) is 21.1. The van der Waals surface area contributed by atoms with E-state index in [1.807, 2.05) is 0 Å². The Bertz CT molecular complexity index is 894. The number of fused-ring (bicyclic) bond motifs is 1. The van der Waals surface area contributed by atoms with Gasteiger partial charge in [0.2, 0.25) is 5.91 Å². The summed E-state index contributed by atoms with van der Waals surface area (Å²) in [5, 5.41) is 4.53. The average molecular weight is 424 g/mol. The van der Waals surface area contributed by atoms with Crippen molar-refractivity contribution in [2.24, 2.45) is 5.92 Å². The summed E-state index contributed by atoms with van der Waals surface area (Å²) in [6, 6.07) is 5.10. The molecule has 152 valence electrons. The van der Waals surface area contributed by atoms with Gasteiger partial charge < -0.3 is 10.1 Å². The number of nitrogens with one attached hydrogen (secondary N) is 1. The van der Waals surface area contributed by atoms with Gasteiger partial charge in [0.05, 0.1) is 22.8 Å². The number of hydrogen-bond donors (Lipinski definition) is 1. The van der Waals surface area contributed by atoms with E-state index < -0.39 is 0 Å². The van der Waals surface area contributed by atoms with Crippen molar-refractivity contribution in [3.8, 4) is 0 Å². The van der Waals surface area contributed by atoms with E-state index in [0.29, 0.717) is 40.1 Å². The number of amides is 1. The van der Waals surface area contributed by atoms with Crippen molar-refractivity contribution in [2.45, 2.75) is 50.9 Å².